The number of anilines is 1. The Bertz CT molecular complexity index is 588. The first-order valence-electron chi connectivity index (χ1n) is 9.13. The summed E-state index contributed by atoms with van der Waals surface area (Å²) in [5.41, 5.74) is 2.41. The van der Waals surface area contributed by atoms with Crippen LogP contribution >= 0.6 is 11.8 Å². The molecule has 3 aliphatic rings. The molecule has 3 aliphatic heterocycles. The fraction of sp³-hybridized carbons (Fsp3) is 0.632. The van der Waals surface area contributed by atoms with Crippen LogP contribution in [0.4, 0.5) is 5.69 Å². The van der Waals surface area contributed by atoms with E-state index in [1.807, 2.05) is 4.90 Å². The molecular weight excluding hydrogens is 320 g/mol. The second-order valence-corrected chi connectivity index (χ2v) is 8.08. The van der Waals surface area contributed by atoms with Crippen LogP contribution in [0.25, 0.3) is 0 Å². The van der Waals surface area contributed by atoms with Crippen molar-refractivity contribution in [2.24, 2.45) is 0 Å². The van der Waals surface area contributed by atoms with Gasteiger partial charge in [-0.3, -0.25) is 9.69 Å². The Balaban J connectivity index is 1.44. The number of benzene rings is 1. The number of fused-ring (bicyclic) bond motifs is 2. The van der Waals surface area contributed by atoms with E-state index in [4.69, 9.17) is 4.74 Å². The van der Waals surface area contributed by atoms with Crippen LogP contribution in [0, 0.1) is 0 Å². The second-order valence-electron chi connectivity index (χ2n) is 7.05. The van der Waals surface area contributed by atoms with Gasteiger partial charge in [0.25, 0.3) is 0 Å². The third-order valence-corrected chi connectivity index (χ3v) is 6.46. The van der Waals surface area contributed by atoms with E-state index < -0.39 is 0 Å². The van der Waals surface area contributed by atoms with Crippen LogP contribution in [0.5, 0.6) is 0 Å². The highest BCUT2D eigenvalue weighted by Gasteiger charge is 2.33. The molecule has 0 saturated carbocycles. The highest BCUT2D eigenvalue weighted by atomic mass is 32.2. The molecule has 0 aromatic heterocycles. The lowest BCUT2D eigenvalue weighted by Gasteiger charge is -2.26. The van der Waals surface area contributed by atoms with Crippen LogP contribution in [0.1, 0.15) is 31.2 Å². The topological polar surface area (TPSA) is 32.8 Å². The first-order chi connectivity index (χ1) is 11.8. The molecule has 0 radical (unpaired) electrons. The third kappa shape index (κ3) is 3.48. The van der Waals surface area contributed by atoms with Crippen LogP contribution in [-0.2, 0) is 16.1 Å². The number of amides is 1. The van der Waals surface area contributed by atoms with Crippen molar-refractivity contribution in [3.63, 3.8) is 0 Å². The number of thioether (sulfide) groups is 1. The molecule has 2 atom stereocenters. The molecule has 0 spiro atoms. The third-order valence-electron chi connectivity index (χ3n) is 5.40. The largest absolute Gasteiger partial charge is 0.377 e. The average molecular weight is 346 g/mol. The molecule has 0 N–H and O–H groups in total. The zero-order chi connectivity index (χ0) is 16.4. The molecule has 0 unspecified atom stereocenters. The fourth-order valence-electron chi connectivity index (χ4n) is 4.11. The van der Waals surface area contributed by atoms with Crippen molar-refractivity contribution in [1.82, 2.24) is 4.90 Å². The molecule has 24 heavy (non-hydrogen) atoms. The van der Waals surface area contributed by atoms with Gasteiger partial charge in [0.05, 0.1) is 11.9 Å². The van der Waals surface area contributed by atoms with Crippen molar-refractivity contribution in [3.8, 4) is 0 Å². The minimum atomic E-state index is 0.249. The van der Waals surface area contributed by atoms with Gasteiger partial charge in [-0.05, 0) is 43.9 Å². The van der Waals surface area contributed by atoms with Gasteiger partial charge in [0.2, 0.25) is 5.91 Å². The Morgan fingerprint density at radius 1 is 1.25 bits per heavy atom. The Labute approximate surface area is 148 Å². The van der Waals surface area contributed by atoms with E-state index in [1.165, 1.54) is 18.4 Å². The zero-order valence-corrected chi connectivity index (χ0v) is 15.0. The molecule has 1 aromatic carbocycles. The SMILES string of the molecule is O=C(CSC[C@H]1CCCO1)N1C[C@@H]2CCCN2Cc2ccccc21. The highest BCUT2D eigenvalue weighted by Crippen LogP contribution is 2.32. The number of hydrogen-bond donors (Lipinski definition) is 0. The molecule has 1 amide bonds. The van der Waals surface area contributed by atoms with Crippen LogP contribution in [0.2, 0.25) is 0 Å². The first kappa shape index (κ1) is 16.4. The summed E-state index contributed by atoms with van der Waals surface area (Å²) in [5, 5.41) is 0. The maximum atomic E-state index is 12.9. The van der Waals surface area contributed by atoms with Crippen molar-refractivity contribution >= 4 is 23.4 Å². The van der Waals surface area contributed by atoms with E-state index in [0.29, 0.717) is 17.9 Å². The van der Waals surface area contributed by atoms with Gasteiger partial charge in [-0.25, -0.2) is 0 Å². The van der Waals surface area contributed by atoms with E-state index in [-0.39, 0.29) is 5.91 Å². The van der Waals surface area contributed by atoms with Gasteiger partial charge in [0.15, 0.2) is 0 Å². The monoisotopic (exact) mass is 346 g/mol. The minimum absolute atomic E-state index is 0.249. The summed E-state index contributed by atoms with van der Waals surface area (Å²) in [6, 6.07) is 8.94. The zero-order valence-electron chi connectivity index (χ0n) is 14.2. The highest BCUT2D eigenvalue weighted by molar-refractivity contribution is 8.00. The first-order valence-corrected chi connectivity index (χ1v) is 10.3. The lowest BCUT2D eigenvalue weighted by atomic mass is 10.1. The van der Waals surface area contributed by atoms with Crippen LogP contribution in [-0.4, -0.2) is 54.2 Å². The Kier molecular flexibility index (Phi) is 5.11. The predicted molar refractivity (Wildman–Crippen MR) is 98.5 cm³/mol. The normalized spacial score (nSPS) is 26.9. The summed E-state index contributed by atoms with van der Waals surface area (Å²) in [6.45, 7) is 3.87. The maximum absolute atomic E-state index is 12.9. The van der Waals surface area contributed by atoms with E-state index in [2.05, 4.69) is 29.2 Å². The van der Waals surface area contributed by atoms with Gasteiger partial charge in [0, 0.05) is 37.2 Å². The summed E-state index contributed by atoms with van der Waals surface area (Å²) in [6.07, 6.45) is 5.12. The standard InChI is InChI=1S/C19H26N2O2S/c22-19(14-24-13-17-7-4-10-23-17)21-12-16-6-3-9-20(16)11-15-5-1-2-8-18(15)21/h1-2,5,8,16-17H,3-4,6-7,9-14H2/t16-,17+/m0/s1. The van der Waals surface area contributed by atoms with Gasteiger partial charge < -0.3 is 9.64 Å². The summed E-state index contributed by atoms with van der Waals surface area (Å²) in [7, 11) is 0. The predicted octanol–water partition coefficient (Wildman–Crippen LogP) is 2.91. The van der Waals surface area contributed by atoms with Crippen molar-refractivity contribution in [2.75, 3.05) is 36.1 Å². The molecule has 3 heterocycles. The lowest BCUT2D eigenvalue weighted by Crippen LogP contribution is -2.41. The van der Waals surface area contributed by atoms with Gasteiger partial charge in [-0.15, -0.1) is 11.8 Å². The van der Waals surface area contributed by atoms with Crippen molar-refractivity contribution in [1.29, 1.82) is 0 Å². The van der Waals surface area contributed by atoms with Gasteiger partial charge in [-0.2, -0.15) is 0 Å². The molecule has 2 fully saturated rings. The summed E-state index contributed by atoms with van der Waals surface area (Å²) in [4.78, 5) is 17.5. The fourth-order valence-corrected chi connectivity index (χ4v) is 5.09. The minimum Gasteiger partial charge on any atom is -0.377 e. The number of carbonyl (C=O) groups is 1. The van der Waals surface area contributed by atoms with E-state index in [0.717, 1.165) is 50.5 Å². The summed E-state index contributed by atoms with van der Waals surface area (Å²) in [5.74, 6) is 1.75. The molecule has 1 aromatic rings. The van der Waals surface area contributed by atoms with E-state index in [9.17, 15) is 4.79 Å². The number of carbonyl (C=O) groups excluding carboxylic acids is 1. The molecule has 0 bridgehead atoms. The van der Waals surface area contributed by atoms with Crippen molar-refractivity contribution in [2.45, 2.75) is 44.4 Å². The molecule has 4 rings (SSSR count). The number of ether oxygens (including phenoxy) is 1. The second kappa shape index (κ2) is 7.46. The molecule has 5 heteroatoms. The Morgan fingerprint density at radius 2 is 2.17 bits per heavy atom. The van der Waals surface area contributed by atoms with E-state index in [1.54, 1.807) is 11.8 Å². The maximum Gasteiger partial charge on any atom is 0.237 e. The van der Waals surface area contributed by atoms with Crippen LogP contribution in [0.3, 0.4) is 0 Å². The molecule has 0 aliphatic carbocycles. The summed E-state index contributed by atoms with van der Waals surface area (Å²) < 4.78 is 5.66. The van der Waals surface area contributed by atoms with E-state index >= 15 is 0 Å². The van der Waals surface area contributed by atoms with Gasteiger partial charge in [-0.1, -0.05) is 18.2 Å². The number of nitrogens with zero attached hydrogens (tertiary/aromatic N) is 2. The Hall–Kier alpha value is -1.04. The molecule has 2 saturated heterocycles. The Morgan fingerprint density at radius 3 is 3.04 bits per heavy atom. The number of hydrogen-bond acceptors (Lipinski definition) is 4. The van der Waals surface area contributed by atoms with Crippen molar-refractivity contribution < 1.29 is 9.53 Å². The van der Waals surface area contributed by atoms with Gasteiger partial charge in [0.1, 0.15) is 0 Å². The molecule has 4 nitrogen and oxygen atoms in total. The number of para-hydroxylation sites is 1. The van der Waals surface area contributed by atoms with Crippen LogP contribution in [0.15, 0.2) is 24.3 Å². The summed E-state index contributed by atoms with van der Waals surface area (Å²) >= 11 is 1.73. The quantitative estimate of drug-likeness (QED) is 0.839. The lowest BCUT2D eigenvalue weighted by molar-refractivity contribution is -0.116. The smallest absolute Gasteiger partial charge is 0.237 e. The molecular formula is C19H26N2O2S. The van der Waals surface area contributed by atoms with Crippen LogP contribution < -0.4 is 4.90 Å². The average Bonchev–Trinajstić information content (AvgIpc) is 3.23. The number of rotatable bonds is 4. The van der Waals surface area contributed by atoms with Crippen molar-refractivity contribution in [3.05, 3.63) is 29.8 Å². The van der Waals surface area contributed by atoms with Gasteiger partial charge >= 0.3 is 0 Å². The molecule has 130 valence electrons.